The summed E-state index contributed by atoms with van der Waals surface area (Å²) in [5.41, 5.74) is 0.705. The second-order valence-electron chi connectivity index (χ2n) is 5.58. The molecule has 0 saturated heterocycles. The van der Waals surface area contributed by atoms with Crippen LogP contribution in [-0.4, -0.2) is 61.6 Å². The van der Waals surface area contributed by atoms with Crippen molar-refractivity contribution < 1.29 is 9.53 Å². The van der Waals surface area contributed by atoms with Crippen molar-refractivity contribution in [1.29, 1.82) is 0 Å². The van der Waals surface area contributed by atoms with E-state index in [9.17, 15) is 4.79 Å². The number of hydrogen-bond donors (Lipinski definition) is 2. The quantitative estimate of drug-likeness (QED) is 0.237. The monoisotopic (exact) mass is 497 g/mol. The first-order valence-corrected chi connectivity index (χ1v) is 9.62. The van der Waals surface area contributed by atoms with Crippen molar-refractivity contribution in [2.24, 2.45) is 4.99 Å². The summed E-state index contributed by atoms with van der Waals surface area (Å²) in [6.07, 6.45) is 0. The minimum Gasteiger partial charge on any atom is -0.462 e. The largest absolute Gasteiger partial charge is 0.462 e. The lowest BCUT2D eigenvalue weighted by atomic mass is 10.3. The molecule has 0 aromatic carbocycles. The zero-order valence-corrected chi connectivity index (χ0v) is 19.7. The van der Waals surface area contributed by atoms with Crippen LogP contribution in [0.15, 0.2) is 4.99 Å². The molecule has 150 valence electrons. The highest BCUT2D eigenvalue weighted by molar-refractivity contribution is 14.0. The molecule has 0 bridgehead atoms. The van der Waals surface area contributed by atoms with Gasteiger partial charge in [0.15, 0.2) is 5.96 Å². The lowest BCUT2D eigenvalue weighted by Gasteiger charge is -2.20. The number of aryl methyl sites for hydroxylation is 1. The van der Waals surface area contributed by atoms with Crippen LogP contribution in [0.5, 0.6) is 0 Å². The molecule has 0 aliphatic rings. The summed E-state index contributed by atoms with van der Waals surface area (Å²) in [6.45, 7) is 14.2. The van der Waals surface area contributed by atoms with E-state index in [4.69, 9.17) is 4.74 Å². The Hall–Kier alpha value is -0.940. The Bertz CT molecular complexity index is 575. The van der Waals surface area contributed by atoms with Gasteiger partial charge in [-0.2, -0.15) is 0 Å². The molecular formula is C17H32IN5O2S. The Kier molecular flexibility index (Phi) is 12.8. The van der Waals surface area contributed by atoms with Crippen molar-refractivity contribution in [3.05, 3.63) is 15.6 Å². The van der Waals surface area contributed by atoms with Crippen molar-refractivity contribution in [2.75, 3.05) is 39.8 Å². The van der Waals surface area contributed by atoms with Crippen LogP contribution in [-0.2, 0) is 4.74 Å². The van der Waals surface area contributed by atoms with Gasteiger partial charge in [0.05, 0.1) is 18.3 Å². The molecule has 1 unspecified atom stereocenters. The van der Waals surface area contributed by atoms with Crippen molar-refractivity contribution in [3.8, 4) is 0 Å². The molecule has 0 radical (unpaired) electrons. The third-order valence-corrected chi connectivity index (χ3v) is 5.16. The van der Waals surface area contributed by atoms with E-state index in [0.29, 0.717) is 17.2 Å². The highest BCUT2D eigenvalue weighted by atomic mass is 127. The van der Waals surface area contributed by atoms with Gasteiger partial charge in [0.2, 0.25) is 0 Å². The zero-order valence-electron chi connectivity index (χ0n) is 16.6. The van der Waals surface area contributed by atoms with E-state index in [2.05, 4.69) is 39.4 Å². The molecule has 0 saturated carbocycles. The van der Waals surface area contributed by atoms with Gasteiger partial charge in [-0.15, -0.1) is 35.3 Å². The molecule has 1 rings (SSSR count). The van der Waals surface area contributed by atoms with Crippen LogP contribution >= 0.6 is 35.3 Å². The predicted octanol–water partition coefficient (Wildman–Crippen LogP) is 2.81. The number of guanidine groups is 1. The summed E-state index contributed by atoms with van der Waals surface area (Å²) >= 11 is 1.36. The van der Waals surface area contributed by atoms with Gasteiger partial charge in [0.25, 0.3) is 0 Å². The number of likely N-dealkylation sites (N-methyl/N-ethyl adjacent to an activating group) is 1. The molecular weight excluding hydrogens is 465 g/mol. The maximum absolute atomic E-state index is 11.9. The number of ether oxygens (including phenoxy) is 1. The van der Waals surface area contributed by atoms with E-state index in [0.717, 1.165) is 37.1 Å². The van der Waals surface area contributed by atoms with Gasteiger partial charge in [-0.1, -0.05) is 13.8 Å². The van der Waals surface area contributed by atoms with E-state index >= 15 is 0 Å². The van der Waals surface area contributed by atoms with Gasteiger partial charge >= 0.3 is 5.97 Å². The third-order valence-electron chi connectivity index (χ3n) is 3.84. The minimum absolute atomic E-state index is 0. The average Bonchev–Trinajstić information content (AvgIpc) is 2.99. The number of carbonyl (C=O) groups is 1. The number of rotatable bonds is 9. The van der Waals surface area contributed by atoms with Gasteiger partial charge in [0.1, 0.15) is 9.88 Å². The molecule has 0 aliphatic heterocycles. The third kappa shape index (κ3) is 7.75. The Balaban J connectivity index is 0.00000625. The van der Waals surface area contributed by atoms with E-state index in [1.54, 1.807) is 14.0 Å². The molecule has 0 fully saturated rings. The normalized spacial score (nSPS) is 12.5. The lowest BCUT2D eigenvalue weighted by Crippen LogP contribution is -2.42. The molecule has 9 heteroatoms. The number of hydrogen-bond acceptors (Lipinski definition) is 6. The number of nitrogens with zero attached hydrogens (tertiary/aromatic N) is 3. The molecule has 0 spiro atoms. The number of aliphatic imine (C=N–C) groups is 1. The molecule has 2 N–H and O–H groups in total. The molecule has 1 heterocycles. The van der Waals surface area contributed by atoms with Gasteiger partial charge in [-0.05, 0) is 33.9 Å². The summed E-state index contributed by atoms with van der Waals surface area (Å²) in [5, 5.41) is 7.48. The van der Waals surface area contributed by atoms with Gasteiger partial charge < -0.3 is 20.3 Å². The first-order chi connectivity index (χ1) is 12.0. The number of thiazole rings is 1. The Morgan fingerprint density at radius 3 is 2.54 bits per heavy atom. The van der Waals surface area contributed by atoms with Crippen LogP contribution in [0.1, 0.15) is 54.1 Å². The van der Waals surface area contributed by atoms with E-state index in [1.165, 1.54) is 11.3 Å². The van der Waals surface area contributed by atoms with Gasteiger partial charge in [-0.3, -0.25) is 4.99 Å². The molecule has 1 atom stereocenters. The van der Waals surface area contributed by atoms with Crippen LogP contribution in [0.25, 0.3) is 0 Å². The summed E-state index contributed by atoms with van der Waals surface area (Å²) < 4.78 is 5.07. The fourth-order valence-electron chi connectivity index (χ4n) is 2.32. The maximum atomic E-state index is 11.9. The van der Waals surface area contributed by atoms with Gasteiger partial charge in [-0.25, -0.2) is 9.78 Å². The summed E-state index contributed by atoms with van der Waals surface area (Å²) in [7, 11) is 1.75. The topological polar surface area (TPSA) is 78.8 Å². The van der Waals surface area contributed by atoms with E-state index in [1.807, 2.05) is 13.8 Å². The van der Waals surface area contributed by atoms with E-state index < -0.39 is 0 Å². The minimum atomic E-state index is -0.308. The first kappa shape index (κ1) is 25.1. The summed E-state index contributed by atoms with van der Waals surface area (Å²) in [4.78, 5) is 23.6. The smallest absolute Gasteiger partial charge is 0.350 e. The number of nitrogens with one attached hydrogen (secondary N) is 2. The van der Waals surface area contributed by atoms with Gasteiger partial charge in [0, 0.05) is 20.1 Å². The number of halogens is 1. The molecule has 26 heavy (non-hydrogen) atoms. The lowest BCUT2D eigenvalue weighted by molar-refractivity contribution is 0.0531. The van der Waals surface area contributed by atoms with Crippen molar-refractivity contribution in [2.45, 2.75) is 40.7 Å². The Morgan fingerprint density at radius 2 is 2.00 bits per heavy atom. The maximum Gasteiger partial charge on any atom is 0.350 e. The van der Waals surface area contributed by atoms with Crippen LogP contribution < -0.4 is 10.6 Å². The van der Waals surface area contributed by atoms with Crippen LogP contribution in [0, 0.1) is 6.92 Å². The highest BCUT2D eigenvalue weighted by Crippen LogP contribution is 2.24. The second kappa shape index (κ2) is 13.3. The number of aromatic nitrogens is 1. The molecule has 0 aliphatic carbocycles. The average molecular weight is 497 g/mol. The summed E-state index contributed by atoms with van der Waals surface area (Å²) in [5.74, 6) is 0.419. The molecule has 0 amide bonds. The van der Waals surface area contributed by atoms with Crippen molar-refractivity contribution in [1.82, 2.24) is 20.5 Å². The van der Waals surface area contributed by atoms with Crippen molar-refractivity contribution in [3.63, 3.8) is 0 Å². The number of carbonyl (C=O) groups excluding carboxylic acids is 1. The highest BCUT2D eigenvalue weighted by Gasteiger charge is 2.20. The van der Waals surface area contributed by atoms with Crippen LogP contribution in [0.2, 0.25) is 0 Å². The van der Waals surface area contributed by atoms with Crippen molar-refractivity contribution >= 4 is 47.2 Å². The van der Waals surface area contributed by atoms with Crippen LogP contribution in [0.4, 0.5) is 0 Å². The van der Waals surface area contributed by atoms with E-state index in [-0.39, 0.29) is 36.0 Å². The first-order valence-electron chi connectivity index (χ1n) is 8.80. The number of esters is 1. The zero-order chi connectivity index (χ0) is 18.8. The fourth-order valence-corrected chi connectivity index (χ4v) is 3.29. The predicted molar refractivity (Wildman–Crippen MR) is 119 cm³/mol. The standard InChI is InChI=1S/C17H31N5O2S.HI/c1-7-22(8-2)11-10-19-17(18-6)21-13(5)15-20-12(4)14(25-15)16(23)24-9-3;/h13H,7-11H2,1-6H3,(H2,18,19,21);1H. The Morgan fingerprint density at radius 1 is 1.35 bits per heavy atom. The van der Waals surface area contributed by atoms with Crippen LogP contribution in [0.3, 0.4) is 0 Å². The fraction of sp³-hybridized carbons (Fsp3) is 0.706. The SMILES string of the molecule is CCOC(=O)c1sc(C(C)NC(=NC)NCCN(CC)CC)nc1C.I. The Labute approximate surface area is 178 Å². The molecule has 7 nitrogen and oxygen atoms in total. The summed E-state index contributed by atoms with van der Waals surface area (Å²) in [6, 6.07) is -0.0495. The molecule has 1 aromatic heterocycles. The molecule has 1 aromatic rings. The second-order valence-corrected chi connectivity index (χ2v) is 6.61.